The number of ether oxygens (including phenoxy) is 2. The highest BCUT2D eigenvalue weighted by Gasteiger charge is 2.23. The van der Waals surface area contributed by atoms with Crippen molar-refractivity contribution >= 4 is 35.8 Å². The molecule has 0 saturated heterocycles. The summed E-state index contributed by atoms with van der Waals surface area (Å²) in [6.45, 7) is 1.48. The van der Waals surface area contributed by atoms with Crippen LogP contribution in [0.2, 0.25) is 0 Å². The number of methoxy groups -OCH3 is 1. The lowest BCUT2D eigenvalue weighted by molar-refractivity contribution is -0.123. The first kappa shape index (κ1) is 24.8. The number of rotatable bonds is 10. The minimum atomic E-state index is -0.0568. The molecule has 8 heteroatoms. The Labute approximate surface area is 201 Å². The highest BCUT2D eigenvalue weighted by molar-refractivity contribution is 14.0. The van der Waals surface area contributed by atoms with Gasteiger partial charge in [-0.15, -0.1) is 24.0 Å². The van der Waals surface area contributed by atoms with Gasteiger partial charge in [-0.05, 0) is 54.7 Å². The maximum absolute atomic E-state index is 11.7. The molecule has 1 aliphatic carbocycles. The van der Waals surface area contributed by atoms with Gasteiger partial charge in [-0.1, -0.05) is 24.3 Å². The molecule has 168 valence electrons. The molecule has 0 heterocycles. The van der Waals surface area contributed by atoms with Gasteiger partial charge in [0.1, 0.15) is 11.5 Å². The molecule has 1 aliphatic rings. The van der Waals surface area contributed by atoms with E-state index in [1.165, 1.54) is 5.56 Å². The summed E-state index contributed by atoms with van der Waals surface area (Å²) in [4.78, 5) is 15.9. The van der Waals surface area contributed by atoms with E-state index >= 15 is 0 Å². The van der Waals surface area contributed by atoms with Crippen molar-refractivity contribution in [2.75, 3.05) is 27.3 Å². The van der Waals surface area contributed by atoms with Crippen LogP contribution in [0.25, 0.3) is 0 Å². The van der Waals surface area contributed by atoms with Crippen molar-refractivity contribution in [1.29, 1.82) is 0 Å². The minimum absolute atomic E-state index is 0. The van der Waals surface area contributed by atoms with Gasteiger partial charge in [-0.3, -0.25) is 9.79 Å². The molecule has 0 aliphatic heterocycles. The van der Waals surface area contributed by atoms with Crippen molar-refractivity contribution in [2.45, 2.75) is 31.8 Å². The Balaban J connectivity index is 0.00000341. The lowest BCUT2D eigenvalue weighted by Crippen LogP contribution is -2.37. The van der Waals surface area contributed by atoms with E-state index in [-0.39, 0.29) is 36.5 Å². The van der Waals surface area contributed by atoms with Crippen LogP contribution in [0.3, 0.4) is 0 Å². The summed E-state index contributed by atoms with van der Waals surface area (Å²) in [6, 6.07) is 16.1. The van der Waals surface area contributed by atoms with Crippen LogP contribution in [0.15, 0.2) is 53.5 Å². The summed E-state index contributed by atoms with van der Waals surface area (Å²) in [5.74, 6) is 2.24. The molecule has 2 aromatic rings. The maximum atomic E-state index is 11.7. The summed E-state index contributed by atoms with van der Waals surface area (Å²) in [7, 11) is 3.42. The number of hydrogen-bond acceptors (Lipinski definition) is 4. The van der Waals surface area contributed by atoms with E-state index in [9.17, 15) is 4.79 Å². The van der Waals surface area contributed by atoms with Gasteiger partial charge in [0.05, 0.1) is 7.11 Å². The van der Waals surface area contributed by atoms with Crippen molar-refractivity contribution in [3.8, 4) is 11.5 Å². The minimum Gasteiger partial charge on any atom is -0.497 e. The van der Waals surface area contributed by atoms with Gasteiger partial charge in [0.2, 0.25) is 0 Å². The third-order valence-corrected chi connectivity index (χ3v) is 4.76. The maximum Gasteiger partial charge on any atom is 0.258 e. The number of hydrogen-bond donors (Lipinski definition) is 3. The molecule has 0 atom stereocenters. The van der Waals surface area contributed by atoms with Crippen molar-refractivity contribution in [3.05, 3.63) is 59.7 Å². The quantitative estimate of drug-likeness (QED) is 0.246. The summed E-state index contributed by atoms with van der Waals surface area (Å²) >= 11 is 0. The first-order valence-electron chi connectivity index (χ1n) is 10.2. The van der Waals surface area contributed by atoms with E-state index in [2.05, 4.69) is 20.9 Å². The number of benzene rings is 2. The topological polar surface area (TPSA) is 84.0 Å². The third-order valence-electron chi connectivity index (χ3n) is 4.76. The molecule has 1 fully saturated rings. The molecule has 31 heavy (non-hydrogen) atoms. The Morgan fingerprint density at radius 2 is 1.84 bits per heavy atom. The molecular weight excluding hydrogens is 507 g/mol. The Kier molecular flexibility index (Phi) is 10.4. The fraction of sp³-hybridized carbons (Fsp3) is 0.391. The van der Waals surface area contributed by atoms with Gasteiger partial charge in [0.25, 0.3) is 5.91 Å². The number of carbonyl (C=O) groups excluding carboxylic acids is 1. The van der Waals surface area contributed by atoms with Crippen molar-refractivity contribution in [2.24, 2.45) is 4.99 Å². The lowest BCUT2D eigenvalue weighted by atomic mass is 10.1. The fourth-order valence-corrected chi connectivity index (χ4v) is 2.91. The monoisotopic (exact) mass is 538 g/mol. The molecule has 0 bridgehead atoms. The summed E-state index contributed by atoms with van der Waals surface area (Å²) in [5, 5.41) is 9.53. The van der Waals surface area contributed by atoms with Gasteiger partial charge < -0.3 is 25.4 Å². The highest BCUT2D eigenvalue weighted by Crippen LogP contribution is 2.18. The summed E-state index contributed by atoms with van der Waals surface area (Å²) in [6.07, 6.45) is 3.01. The standard InChI is InChI=1S/C23H30N4O3.HI/c1-24-23(26-15-18-4-3-5-21(14-18)29-2)25-13-12-17-6-10-20(11-7-17)30-16-22(28)27-19-8-9-19;/h3-7,10-11,14,19H,8-9,12-13,15-16H2,1-2H3,(H,27,28)(H2,24,25,26);1H. The van der Waals surface area contributed by atoms with Gasteiger partial charge in [0.15, 0.2) is 12.6 Å². The number of nitrogens with one attached hydrogen (secondary N) is 3. The van der Waals surface area contributed by atoms with E-state index in [1.54, 1.807) is 14.2 Å². The largest absolute Gasteiger partial charge is 0.497 e. The number of amides is 1. The van der Waals surface area contributed by atoms with Crippen molar-refractivity contribution in [1.82, 2.24) is 16.0 Å². The van der Waals surface area contributed by atoms with E-state index < -0.39 is 0 Å². The number of carbonyl (C=O) groups is 1. The second-order valence-electron chi connectivity index (χ2n) is 7.23. The molecule has 0 unspecified atom stereocenters. The summed E-state index contributed by atoms with van der Waals surface area (Å²) < 4.78 is 10.8. The van der Waals surface area contributed by atoms with Gasteiger partial charge >= 0.3 is 0 Å². The zero-order chi connectivity index (χ0) is 21.2. The smallest absolute Gasteiger partial charge is 0.258 e. The molecule has 7 nitrogen and oxygen atoms in total. The van der Waals surface area contributed by atoms with Crippen LogP contribution < -0.4 is 25.4 Å². The van der Waals surface area contributed by atoms with Crippen LogP contribution in [0.1, 0.15) is 24.0 Å². The third kappa shape index (κ3) is 9.04. The molecule has 1 saturated carbocycles. The molecule has 0 aromatic heterocycles. The molecule has 1 amide bonds. The van der Waals surface area contributed by atoms with Gasteiger partial charge in [0, 0.05) is 26.2 Å². The van der Waals surface area contributed by atoms with Crippen LogP contribution >= 0.6 is 24.0 Å². The van der Waals surface area contributed by atoms with E-state index in [0.717, 1.165) is 43.1 Å². The normalized spacial score (nSPS) is 13.0. The first-order chi connectivity index (χ1) is 14.7. The number of nitrogens with zero attached hydrogens (tertiary/aromatic N) is 1. The fourth-order valence-electron chi connectivity index (χ4n) is 2.91. The van der Waals surface area contributed by atoms with E-state index in [1.807, 2.05) is 48.5 Å². The molecule has 3 N–H and O–H groups in total. The number of guanidine groups is 1. The molecule has 2 aromatic carbocycles. The zero-order valence-corrected chi connectivity index (χ0v) is 20.3. The van der Waals surface area contributed by atoms with Crippen LogP contribution in [-0.2, 0) is 17.8 Å². The Bertz CT molecular complexity index is 854. The predicted molar refractivity (Wildman–Crippen MR) is 133 cm³/mol. The zero-order valence-electron chi connectivity index (χ0n) is 18.0. The second kappa shape index (κ2) is 13.0. The SMILES string of the molecule is CN=C(NCCc1ccc(OCC(=O)NC2CC2)cc1)NCc1cccc(OC)c1.I. The highest BCUT2D eigenvalue weighted by atomic mass is 127. The van der Waals surface area contributed by atoms with Gasteiger partial charge in [-0.2, -0.15) is 0 Å². The first-order valence-corrected chi connectivity index (χ1v) is 10.2. The van der Waals surface area contributed by atoms with Crippen LogP contribution in [0.4, 0.5) is 0 Å². The Morgan fingerprint density at radius 1 is 1.06 bits per heavy atom. The van der Waals surface area contributed by atoms with Crippen LogP contribution in [0.5, 0.6) is 11.5 Å². The number of halogens is 1. The lowest BCUT2D eigenvalue weighted by Gasteiger charge is -2.13. The molecule has 0 spiro atoms. The average Bonchev–Trinajstić information content (AvgIpc) is 3.59. The van der Waals surface area contributed by atoms with Crippen LogP contribution in [-0.4, -0.2) is 45.2 Å². The van der Waals surface area contributed by atoms with Crippen molar-refractivity contribution < 1.29 is 14.3 Å². The summed E-state index contributed by atoms with van der Waals surface area (Å²) in [5.41, 5.74) is 2.30. The molecular formula is C23H31IN4O3. The number of aliphatic imine (C=N–C) groups is 1. The van der Waals surface area contributed by atoms with Crippen LogP contribution in [0, 0.1) is 0 Å². The second-order valence-corrected chi connectivity index (χ2v) is 7.23. The molecule has 0 radical (unpaired) electrons. The average molecular weight is 538 g/mol. The van der Waals surface area contributed by atoms with E-state index in [0.29, 0.717) is 18.3 Å². The van der Waals surface area contributed by atoms with Gasteiger partial charge in [-0.25, -0.2) is 0 Å². The predicted octanol–water partition coefficient (Wildman–Crippen LogP) is 2.88. The Morgan fingerprint density at radius 3 is 2.52 bits per heavy atom. The van der Waals surface area contributed by atoms with E-state index in [4.69, 9.17) is 9.47 Å². The Hall–Kier alpha value is -2.49. The molecule has 3 rings (SSSR count). The van der Waals surface area contributed by atoms with Crippen molar-refractivity contribution in [3.63, 3.8) is 0 Å².